The molecular formula is C19H33IN4OS. The SMILES string of the molecule is CCNC(=NCC(c1ccc(OC)cc1)N(C)C)NCC1CCCS1.I. The van der Waals surface area contributed by atoms with Crippen LogP contribution < -0.4 is 15.4 Å². The zero-order valence-corrected chi connectivity index (χ0v) is 19.5. The first kappa shape index (κ1) is 23.4. The van der Waals surface area contributed by atoms with Crippen LogP contribution in [0.3, 0.4) is 0 Å². The number of thioether (sulfide) groups is 1. The van der Waals surface area contributed by atoms with Crippen LogP contribution in [-0.2, 0) is 0 Å². The number of guanidine groups is 1. The molecule has 26 heavy (non-hydrogen) atoms. The number of nitrogens with zero attached hydrogens (tertiary/aromatic N) is 2. The number of aliphatic imine (C=N–C) groups is 1. The van der Waals surface area contributed by atoms with E-state index in [1.54, 1.807) is 7.11 Å². The van der Waals surface area contributed by atoms with E-state index >= 15 is 0 Å². The highest BCUT2D eigenvalue weighted by Gasteiger charge is 2.17. The summed E-state index contributed by atoms with van der Waals surface area (Å²) in [6.45, 7) is 4.69. The van der Waals surface area contributed by atoms with Crippen molar-refractivity contribution in [2.75, 3.05) is 46.6 Å². The van der Waals surface area contributed by atoms with Crippen LogP contribution in [0.4, 0.5) is 0 Å². The summed E-state index contributed by atoms with van der Waals surface area (Å²) in [5, 5.41) is 7.59. The number of hydrogen-bond acceptors (Lipinski definition) is 4. The summed E-state index contributed by atoms with van der Waals surface area (Å²) in [4.78, 5) is 7.04. The van der Waals surface area contributed by atoms with E-state index in [0.717, 1.165) is 30.0 Å². The largest absolute Gasteiger partial charge is 0.497 e. The van der Waals surface area contributed by atoms with E-state index in [0.29, 0.717) is 6.54 Å². The molecule has 5 nitrogen and oxygen atoms in total. The Labute approximate surface area is 179 Å². The predicted octanol–water partition coefficient (Wildman–Crippen LogP) is 3.37. The lowest BCUT2D eigenvalue weighted by molar-refractivity contribution is 0.306. The number of likely N-dealkylation sites (N-methyl/N-ethyl adjacent to an activating group) is 1. The van der Waals surface area contributed by atoms with Crippen molar-refractivity contribution in [3.63, 3.8) is 0 Å². The first-order valence-electron chi connectivity index (χ1n) is 9.08. The molecule has 1 fully saturated rings. The molecule has 1 heterocycles. The van der Waals surface area contributed by atoms with Gasteiger partial charge in [0.1, 0.15) is 5.75 Å². The average Bonchev–Trinajstić information content (AvgIpc) is 3.13. The van der Waals surface area contributed by atoms with E-state index in [1.807, 2.05) is 12.1 Å². The topological polar surface area (TPSA) is 48.9 Å². The van der Waals surface area contributed by atoms with Gasteiger partial charge >= 0.3 is 0 Å². The molecule has 0 spiro atoms. The third-order valence-electron chi connectivity index (χ3n) is 4.41. The molecule has 0 bridgehead atoms. The van der Waals surface area contributed by atoms with Gasteiger partial charge in [-0.25, -0.2) is 0 Å². The molecule has 0 amide bonds. The summed E-state index contributed by atoms with van der Waals surface area (Å²) >= 11 is 2.07. The summed E-state index contributed by atoms with van der Waals surface area (Å²) in [6, 6.07) is 8.50. The van der Waals surface area contributed by atoms with Crippen molar-refractivity contribution in [1.29, 1.82) is 0 Å². The fourth-order valence-electron chi connectivity index (χ4n) is 2.93. The number of rotatable bonds is 8. The molecule has 1 aromatic rings. The second-order valence-electron chi connectivity index (χ2n) is 6.49. The van der Waals surface area contributed by atoms with Gasteiger partial charge in [-0.3, -0.25) is 4.99 Å². The molecule has 2 unspecified atom stereocenters. The minimum absolute atomic E-state index is 0. The van der Waals surface area contributed by atoms with Crippen LogP contribution in [0.2, 0.25) is 0 Å². The molecule has 0 radical (unpaired) electrons. The molecule has 1 saturated heterocycles. The normalized spacial score (nSPS) is 18.3. The van der Waals surface area contributed by atoms with E-state index in [4.69, 9.17) is 9.73 Å². The smallest absolute Gasteiger partial charge is 0.191 e. The molecule has 2 N–H and O–H groups in total. The van der Waals surface area contributed by atoms with Gasteiger partial charge < -0.3 is 20.3 Å². The lowest BCUT2D eigenvalue weighted by Crippen LogP contribution is -2.40. The standard InChI is InChI=1S/C19H32N4OS.HI/c1-5-20-19(21-13-17-7-6-12-25-17)22-14-18(23(2)3)15-8-10-16(24-4)11-9-15;/h8-11,17-18H,5-7,12-14H2,1-4H3,(H2,20,21,22);1H. The van der Waals surface area contributed by atoms with Gasteiger partial charge in [0.2, 0.25) is 0 Å². The van der Waals surface area contributed by atoms with Crippen molar-refractivity contribution >= 4 is 41.7 Å². The number of hydrogen-bond donors (Lipinski definition) is 2. The average molecular weight is 492 g/mol. The summed E-state index contributed by atoms with van der Waals surface area (Å²) in [5.74, 6) is 3.09. The Bertz CT molecular complexity index is 533. The number of methoxy groups -OCH3 is 1. The molecule has 1 aliphatic heterocycles. The van der Waals surface area contributed by atoms with Crippen LogP contribution in [-0.4, -0.2) is 62.7 Å². The van der Waals surface area contributed by atoms with Gasteiger partial charge in [-0.2, -0.15) is 11.8 Å². The molecule has 0 saturated carbocycles. The Kier molecular flexibility index (Phi) is 11.4. The van der Waals surface area contributed by atoms with Crippen molar-refractivity contribution in [2.24, 2.45) is 4.99 Å². The van der Waals surface area contributed by atoms with Crippen molar-refractivity contribution < 1.29 is 4.74 Å². The van der Waals surface area contributed by atoms with Gasteiger partial charge in [0, 0.05) is 18.3 Å². The maximum atomic E-state index is 5.26. The third kappa shape index (κ3) is 7.52. The zero-order chi connectivity index (χ0) is 18.1. The summed E-state index contributed by atoms with van der Waals surface area (Å²) in [5.41, 5.74) is 1.25. The number of benzene rings is 1. The van der Waals surface area contributed by atoms with Gasteiger partial charge in [0.25, 0.3) is 0 Å². The van der Waals surface area contributed by atoms with Gasteiger partial charge in [0.05, 0.1) is 19.7 Å². The minimum Gasteiger partial charge on any atom is -0.497 e. The van der Waals surface area contributed by atoms with Crippen LogP contribution in [0.5, 0.6) is 5.75 Å². The highest BCUT2D eigenvalue weighted by molar-refractivity contribution is 14.0. The maximum absolute atomic E-state index is 5.26. The predicted molar refractivity (Wildman–Crippen MR) is 124 cm³/mol. The van der Waals surface area contributed by atoms with Crippen LogP contribution in [0.25, 0.3) is 0 Å². The van der Waals surface area contributed by atoms with E-state index < -0.39 is 0 Å². The molecule has 7 heteroatoms. The molecule has 1 aromatic carbocycles. The molecule has 2 atom stereocenters. The number of nitrogens with one attached hydrogen (secondary N) is 2. The molecule has 0 aliphatic carbocycles. The fraction of sp³-hybridized carbons (Fsp3) is 0.632. The van der Waals surface area contributed by atoms with Gasteiger partial charge in [-0.05, 0) is 57.3 Å². The Morgan fingerprint density at radius 3 is 2.58 bits per heavy atom. The molecular weight excluding hydrogens is 459 g/mol. The first-order valence-corrected chi connectivity index (χ1v) is 10.1. The van der Waals surface area contributed by atoms with Crippen LogP contribution >= 0.6 is 35.7 Å². The first-order chi connectivity index (χ1) is 12.1. The summed E-state index contributed by atoms with van der Waals surface area (Å²) < 4.78 is 5.26. The van der Waals surface area contributed by atoms with Crippen molar-refractivity contribution in [1.82, 2.24) is 15.5 Å². The van der Waals surface area contributed by atoms with E-state index in [9.17, 15) is 0 Å². The second-order valence-corrected chi connectivity index (χ2v) is 7.90. The van der Waals surface area contributed by atoms with Crippen LogP contribution in [0.15, 0.2) is 29.3 Å². The van der Waals surface area contributed by atoms with Crippen LogP contribution in [0, 0.1) is 0 Å². The Balaban J connectivity index is 0.00000338. The fourth-order valence-corrected chi connectivity index (χ4v) is 4.13. The Morgan fingerprint density at radius 2 is 2.04 bits per heavy atom. The van der Waals surface area contributed by atoms with E-state index in [-0.39, 0.29) is 30.0 Å². The molecule has 148 valence electrons. The van der Waals surface area contributed by atoms with E-state index in [2.05, 4.69) is 60.4 Å². The Hall–Kier alpha value is -0.670. The number of halogens is 1. The second kappa shape index (κ2) is 12.7. The van der Waals surface area contributed by atoms with Crippen molar-refractivity contribution in [3.8, 4) is 5.75 Å². The Morgan fingerprint density at radius 1 is 1.31 bits per heavy atom. The summed E-state index contributed by atoms with van der Waals surface area (Å²) in [7, 11) is 5.89. The van der Waals surface area contributed by atoms with Gasteiger partial charge in [0.15, 0.2) is 5.96 Å². The van der Waals surface area contributed by atoms with Crippen molar-refractivity contribution in [2.45, 2.75) is 31.1 Å². The lowest BCUT2D eigenvalue weighted by Gasteiger charge is -2.24. The maximum Gasteiger partial charge on any atom is 0.191 e. The number of ether oxygens (including phenoxy) is 1. The minimum atomic E-state index is 0. The molecule has 2 rings (SSSR count). The van der Waals surface area contributed by atoms with Gasteiger partial charge in [-0.15, -0.1) is 24.0 Å². The highest BCUT2D eigenvalue weighted by atomic mass is 127. The zero-order valence-electron chi connectivity index (χ0n) is 16.3. The summed E-state index contributed by atoms with van der Waals surface area (Å²) in [6.07, 6.45) is 2.65. The lowest BCUT2D eigenvalue weighted by atomic mass is 10.1. The van der Waals surface area contributed by atoms with Crippen LogP contribution in [0.1, 0.15) is 31.4 Å². The molecule has 1 aliphatic rings. The third-order valence-corrected chi connectivity index (χ3v) is 5.81. The molecule has 0 aromatic heterocycles. The van der Waals surface area contributed by atoms with Gasteiger partial charge in [-0.1, -0.05) is 12.1 Å². The van der Waals surface area contributed by atoms with E-state index in [1.165, 1.54) is 24.2 Å². The quantitative estimate of drug-likeness (QED) is 0.331. The van der Waals surface area contributed by atoms with Crippen molar-refractivity contribution in [3.05, 3.63) is 29.8 Å². The highest BCUT2D eigenvalue weighted by Crippen LogP contribution is 2.25. The monoisotopic (exact) mass is 492 g/mol.